The second kappa shape index (κ2) is 5.05. The number of pyridine rings is 2. The molecule has 8 heteroatoms. The van der Waals surface area contributed by atoms with Crippen molar-refractivity contribution in [2.45, 2.75) is 13.1 Å². The van der Waals surface area contributed by atoms with Crippen molar-refractivity contribution in [1.29, 1.82) is 0 Å². The number of aromatic nitrogens is 4. The molecule has 0 atom stereocenters. The summed E-state index contributed by atoms with van der Waals surface area (Å²) >= 11 is 3.27. The van der Waals surface area contributed by atoms with E-state index in [1.54, 1.807) is 30.8 Å². The van der Waals surface area contributed by atoms with E-state index in [-0.39, 0.29) is 0 Å². The van der Waals surface area contributed by atoms with Gasteiger partial charge in [0, 0.05) is 13.2 Å². The second-order valence-corrected chi connectivity index (χ2v) is 5.69. The Hall–Kier alpha value is -1.96. The Bertz CT molecular complexity index is 870. The molecule has 3 heterocycles. The lowest BCUT2D eigenvalue weighted by atomic mass is 10.1. The average molecular weight is 371 g/mol. The zero-order valence-electron chi connectivity index (χ0n) is 11.6. The summed E-state index contributed by atoms with van der Waals surface area (Å²) in [4.78, 5) is 12.5. The lowest BCUT2D eigenvalue weighted by Crippen LogP contribution is -2.07. The van der Waals surface area contributed by atoms with E-state index in [2.05, 4.69) is 30.9 Å². The maximum atomic E-state index is 12.7. The summed E-state index contributed by atoms with van der Waals surface area (Å²) in [5.41, 5.74) is 1.54. The molecule has 3 rings (SSSR count). The lowest BCUT2D eigenvalue weighted by Gasteiger charge is -2.10. The number of aryl methyl sites for hydroxylation is 2. The molecule has 0 radical (unpaired) electrons. The number of rotatable bonds is 1. The molecule has 0 amide bonds. The number of alkyl halides is 3. The molecule has 0 saturated carbocycles. The fourth-order valence-corrected chi connectivity index (χ4v) is 2.56. The van der Waals surface area contributed by atoms with E-state index in [4.69, 9.17) is 0 Å². The van der Waals surface area contributed by atoms with Crippen LogP contribution >= 0.6 is 15.9 Å². The van der Waals surface area contributed by atoms with Crippen LogP contribution in [0.25, 0.3) is 22.6 Å². The average Bonchev–Trinajstić information content (AvgIpc) is 2.74. The first-order chi connectivity index (χ1) is 10.3. The van der Waals surface area contributed by atoms with Crippen LogP contribution in [0.3, 0.4) is 0 Å². The van der Waals surface area contributed by atoms with Gasteiger partial charge in [-0.3, -0.25) is 4.98 Å². The molecule has 0 bridgehead atoms. The molecule has 0 aromatic carbocycles. The molecule has 0 aliphatic carbocycles. The zero-order valence-corrected chi connectivity index (χ0v) is 13.2. The van der Waals surface area contributed by atoms with Gasteiger partial charge in [-0.2, -0.15) is 13.2 Å². The van der Waals surface area contributed by atoms with E-state index >= 15 is 0 Å². The number of hydrogen-bond acceptors (Lipinski definition) is 3. The maximum Gasteiger partial charge on any atom is 0.417 e. The summed E-state index contributed by atoms with van der Waals surface area (Å²) in [6, 6.07) is 2.83. The monoisotopic (exact) mass is 370 g/mol. The number of nitrogens with zero attached hydrogens (tertiary/aromatic N) is 4. The van der Waals surface area contributed by atoms with Crippen molar-refractivity contribution in [3.63, 3.8) is 0 Å². The van der Waals surface area contributed by atoms with Crippen molar-refractivity contribution in [2.24, 2.45) is 7.05 Å². The van der Waals surface area contributed by atoms with Crippen LogP contribution in [0.2, 0.25) is 0 Å². The predicted molar refractivity (Wildman–Crippen MR) is 79.2 cm³/mol. The van der Waals surface area contributed by atoms with Crippen LogP contribution in [-0.2, 0) is 13.2 Å². The van der Waals surface area contributed by atoms with Crippen LogP contribution < -0.4 is 0 Å². The summed E-state index contributed by atoms with van der Waals surface area (Å²) in [5, 5.41) is 0. The Balaban J connectivity index is 2.17. The van der Waals surface area contributed by atoms with E-state index in [1.165, 1.54) is 0 Å². The van der Waals surface area contributed by atoms with E-state index in [0.29, 0.717) is 27.2 Å². The highest BCUT2D eigenvalue weighted by Gasteiger charge is 2.31. The fraction of sp³-hybridized carbons (Fsp3) is 0.214. The first-order valence-corrected chi connectivity index (χ1v) is 7.09. The molecule has 3 aromatic rings. The van der Waals surface area contributed by atoms with Gasteiger partial charge in [-0.05, 0) is 40.5 Å². The Morgan fingerprint density at radius 1 is 1.14 bits per heavy atom. The van der Waals surface area contributed by atoms with Crippen LogP contribution in [0.1, 0.15) is 11.1 Å². The smallest absolute Gasteiger partial charge is 0.325 e. The van der Waals surface area contributed by atoms with Crippen molar-refractivity contribution < 1.29 is 13.2 Å². The quantitative estimate of drug-likeness (QED) is 0.605. The van der Waals surface area contributed by atoms with Gasteiger partial charge < -0.3 is 4.57 Å². The summed E-state index contributed by atoms with van der Waals surface area (Å²) in [5.74, 6) is 0.501. The van der Waals surface area contributed by atoms with E-state index in [1.807, 2.05) is 0 Å². The number of halogens is 4. The van der Waals surface area contributed by atoms with Gasteiger partial charge >= 0.3 is 6.18 Å². The van der Waals surface area contributed by atoms with Crippen LogP contribution in [0.4, 0.5) is 13.2 Å². The maximum absolute atomic E-state index is 12.7. The van der Waals surface area contributed by atoms with E-state index in [0.717, 1.165) is 17.8 Å². The first-order valence-electron chi connectivity index (χ1n) is 6.29. The van der Waals surface area contributed by atoms with E-state index in [9.17, 15) is 13.2 Å². The van der Waals surface area contributed by atoms with Crippen LogP contribution in [-0.4, -0.2) is 19.5 Å². The summed E-state index contributed by atoms with van der Waals surface area (Å²) in [6.45, 7) is 1.59. The molecule has 0 saturated heterocycles. The lowest BCUT2D eigenvalue weighted by molar-refractivity contribution is -0.137. The second-order valence-electron chi connectivity index (χ2n) is 4.88. The van der Waals surface area contributed by atoms with Crippen LogP contribution in [0.5, 0.6) is 0 Å². The van der Waals surface area contributed by atoms with Gasteiger partial charge in [-0.1, -0.05) is 0 Å². The predicted octanol–water partition coefficient (Wildman–Crippen LogP) is 4.12. The molecule has 0 fully saturated rings. The molecular formula is C14H10BrF3N4. The summed E-state index contributed by atoms with van der Waals surface area (Å²) in [6.07, 6.45) is -1.93. The molecule has 22 heavy (non-hydrogen) atoms. The number of imidazole rings is 1. The fourth-order valence-electron chi connectivity index (χ4n) is 2.24. The third-order valence-corrected chi connectivity index (χ3v) is 3.78. The summed E-state index contributed by atoms with van der Waals surface area (Å²) < 4.78 is 40.6. The molecule has 0 aliphatic heterocycles. The van der Waals surface area contributed by atoms with Crippen LogP contribution in [0, 0.1) is 6.92 Å². The third kappa shape index (κ3) is 2.47. The van der Waals surface area contributed by atoms with Gasteiger partial charge in [0.2, 0.25) is 0 Å². The molecular weight excluding hydrogens is 361 g/mol. The van der Waals surface area contributed by atoms with Gasteiger partial charge in [0.15, 0.2) is 5.82 Å². The molecule has 0 unspecified atom stereocenters. The largest absolute Gasteiger partial charge is 0.417 e. The SMILES string of the molecule is Cc1cc(C(F)(F)F)cnc1-c1nc2cc(Br)ncc2n1C. The highest BCUT2D eigenvalue weighted by molar-refractivity contribution is 9.10. The highest BCUT2D eigenvalue weighted by Crippen LogP contribution is 2.32. The minimum Gasteiger partial charge on any atom is -0.325 e. The normalized spacial score (nSPS) is 12.1. The van der Waals surface area contributed by atoms with Crippen molar-refractivity contribution in [1.82, 2.24) is 19.5 Å². The van der Waals surface area contributed by atoms with E-state index < -0.39 is 11.7 Å². The van der Waals surface area contributed by atoms with Gasteiger partial charge in [-0.15, -0.1) is 0 Å². The number of fused-ring (bicyclic) bond motifs is 1. The third-order valence-electron chi connectivity index (χ3n) is 3.35. The van der Waals surface area contributed by atoms with Gasteiger partial charge in [0.1, 0.15) is 10.3 Å². The van der Waals surface area contributed by atoms with Crippen molar-refractivity contribution in [2.75, 3.05) is 0 Å². The minimum atomic E-state index is -4.41. The standard InChI is InChI=1S/C14H10BrF3N4/c1-7-3-8(14(16,17)18)5-20-12(7)13-21-9-4-11(15)19-6-10(9)22(13)2/h3-6H,1-2H3. The zero-order chi connectivity index (χ0) is 16.1. The van der Waals surface area contributed by atoms with Crippen molar-refractivity contribution >= 4 is 27.0 Å². The molecule has 0 spiro atoms. The van der Waals surface area contributed by atoms with Crippen molar-refractivity contribution in [3.8, 4) is 11.5 Å². The van der Waals surface area contributed by atoms with Gasteiger partial charge in [0.05, 0.1) is 22.8 Å². The first kappa shape index (κ1) is 15.0. The summed E-state index contributed by atoms with van der Waals surface area (Å²) in [7, 11) is 1.78. The number of hydrogen-bond donors (Lipinski definition) is 0. The Kier molecular flexibility index (Phi) is 3.43. The van der Waals surface area contributed by atoms with Gasteiger partial charge in [-0.25, -0.2) is 9.97 Å². The molecule has 4 nitrogen and oxygen atoms in total. The van der Waals surface area contributed by atoms with Gasteiger partial charge in [0.25, 0.3) is 0 Å². The molecule has 0 aliphatic rings. The Morgan fingerprint density at radius 3 is 2.50 bits per heavy atom. The van der Waals surface area contributed by atoms with Crippen molar-refractivity contribution in [3.05, 3.63) is 40.3 Å². The molecule has 114 valence electrons. The minimum absolute atomic E-state index is 0.417. The molecule has 0 N–H and O–H groups in total. The highest BCUT2D eigenvalue weighted by atomic mass is 79.9. The van der Waals surface area contributed by atoms with Crippen LogP contribution in [0.15, 0.2) is 29.1 Å². The Labute approximate surface area is 132 Å². The molecule has 3 aromatic heterocycles. The topological polar surface area (TPSA) is 43.6 Å². The Morgan fingerprint density at radius 2 is 1.86 bits per heavy atom.